The number of carbonyl (C=O) groups is 3. The van der Waals surface area contributed by atoms with Crippen LogP contribution < -0.4 is 20.9 Å². The van der Waals surface area contributed by atoms with E-state index in [9.17, 15) is 28.7 Å². The molecular formula is C20H22ClN4O7P. The molecule has 33 heavy (non-hydrogen) atoms. The van der Waals surface area contributed by atoms with Gasteiger partial charge in [0.05, 0.1) is 12.8 Å². The lowest BCUT2D eigenvalue weighted by Gasteiger charge is -2.27. The molecule has 0 saturated carbocycles. The van der Waals surface area contributed by atoms with Gasteiger partial charge in [0.15, 0.2) is 0 Å². The molecule has 11 nitrogen and oxygen atoms in total. The van der Waals surface area contributed by atoms with Gasteiger partial charge < -0.3 is 35.4 Å². The molecule has 2 aromatic rings. The van der Waals surface area contributed by atoms with E-state index in [-0.39, 0.29) is 12.5 Å². The molecule has 1 saturated heterocycles. The monoisotopic (exact) mass is 496 g/mol. The second-order valence-electron chi connectivity index (χ2n) is 7.14. The molecule has 1 aliphatic rings. The van der Waals surface area contributed by atoms with Crippen LogP contribution in [-0.4, -0.2) is 59.6 Å². The fraction of sp³-hybridized carbons (Fsp3) is 0.250. The van der Waals surface area contributed by atoms with Gasteiger partial charge in [-0.1, -0.05) is 11.6 Å². The predicted molar refractivity (Wildman–Crippen MR) is 123 cm³/mol. The second-order valence-corrected chi connectivity index (χ2v) is 9.27. The SMILES string of the molecule is O=C(Nc1ccc(Cl)cc1)NC(CP(=O)(O)O)C(=O)Nc1ccc(N2CCOCC2=O)cc1. The Hall–Kier alpha value is -2.95. The zero-order chi connectivity index (χ0) is 24.0. The van der Waals surface area contributed by atoms with Crippen LogP contribution in [0, 0.1) is 0 Å². The van der Waals surface area contributed by atoms with Gasteiger partial charge in [-0.25, -0.2) is 4.79 Å². The van der Waals surface area contributed by atoms with Gasteiger partial charge in [0, 0.05) is 28.6 Å². The zero-order valence-corrected chi connectivity index (χ0v) is 18.9. The normalized spacial score (nSPS) is 15.0. The van der Waals surface area contributed by atoms with Crippen LogP contribution in [0.2, 0.25) is 5.02 Å². The summed E-state index contributed by atoms with van der Waals surface area (Å²) in [6, 6.07) is 10.1. The second kappa shape index (κ2) is 10.8. The molecule has 1 aliphatic heterocycles. The van der Waals surface area contributed by atoms with E-state index in [4.69, 9.17) is 16.3 Å². The maximum Gasteiger partial charge on any atom is 0.328 e. The molecule has 1 unspecified atom stereocenters. The summed E-state index contributed by atoms with van der Waals surface area (Å²) in [6.07, 6.45) is -0.896. The van der Waals surface area contributed by atoms with Crippen molar-refractivity contribution in [3.63, 3.8) is 0 Å². The van der Waals surface area contributed by atoms with E-state index < -0.39 is 31.7 Å². The summed E-state index contributed by atoms with van der Waals surface area (Å²) < 4.78 is 16.6. The minimum Gasteiger partial charge on any atom is -0.370 e. The highest BCUT2D eigenvalue weighted by molar-refractivity contribution is 7.51. The third kappa shape index (κ3) is 7.55. The highest BCUT2D eigenvalue weighted by Crippen LogP contribution is 2.35. The number of urea groups is 1. The van der Waals surface area contributed by atoms with Crippen LogP contribution in [0.25, 0.3) is 0 Å². The van der Waals surface area contributed by atoms with E-state index in [0.29, 0.717) is 35.2 Å². The standard InChI is InChI=1S/C20H22ClN4O7P/c21-13-1-3-15(4-2-13)23-20(28)24-17(12-33(29,30)31)19(27)22-14-5-7-16(8-6-14)25-9-10-32-11-18(25)26/h1-8,17H,9-12H2,(H,22,27)(H2,23,24,28)(H2,29,30,31). The van der Waals surface area contributed by atoms with Crippen molar-refractivity contribution in [2.24, 2.45) is 0 Å². The molecule has 0 spiro atoms. The van der Waals surface area contributed by atoms with Gasteiger partial charge in [-0.15, -0.1) is 0 Å². The van der Waals surface area contributed by atoms with Gasteiger partial charge >= 0.3 is 13.6 Å². The Balaban J connectivity index is 1.65. The number of benzene rings is 2. The number of anilines is 3. The number of nitrogens with zero attached hydrogens (tertiary/aromatic N) is 1. The molecule has 176 valence electrons. The predicted octanol–water partition coefficient (Wildman–Crippen LogP) is 2.01. The molecule has 0 radical (unpaired) electrons. The van der Waals surface area contributed by atoms with Crippen LogP contribution in [0.15, 0.2) is 48.5 Å². The number of carbonyl (C=O) groups excluding carboxylic acids is 3. The van der Waals surface area contributed by atoms with Crippen molar-refractivity contribution >= 4 is 54.1 Å². The Labute approximate surface area is 194 Å². The van der Waals surface area contributed by atoms with E-state index in [1.54, 1.807) is 29.2 Å². The maximum absolute atomic E-state index is 12.7. The molecule has 0 aliphatic carbocycles. The quantitative estimate of drug-likeness (QED) is 0.367. The Morgan fingerprint density at radius 2 is 1.67 bits per heavy atom. The van der Waals surface area contributed by atoms with Gasteiger partial charge in [-0.2, -0.15) is 0 Å². The van der Waals surface area contributed by atoms with E-state index in [0.717, 1.165) is 0 Å². The average Bonchev–Trinajstić information content (AvgIpc) is 2.75. The lowest BCUT2D eigenvalue weighted by Crippen LogP contribution is -2.47. The number of rotatable bonds is 7. The molecule has 0 aromatic heterocycles. The first kappa shape index (κ1) is 24.7. The fourth-order valence-corrected chi connectivity index (χ4v) is 3.89. The van der Waals surface area contributed by atoms with Crippen molar-refractivity contribution < 1.29 is 33.5 Å². The average molecular weight is 497 g/mol. The minimum atomic E-state index is -4.64. The third-order valence-electron chi connectivity index (χ3n) is 4.58. The van der Waals surface area contributed by atoms with Crippen molar-refractivity contribution in [3.05, 3.63) is 53.6 Å². The highest BCUT2D eigenvalue weighted by Gasteiger charge is 2.29. The summed E-state index contributed by atoms with van der Waals surface area (Å²) in [5.41, 5.74) is 1.31. The number of hydrogen-bond donors (Lipinski definition) is 5. The Morgan fingerprint density at radius 3 is 2.27 bits per heavy atom. The molecule has 3 rings (SSSR count). The summed E-state index contributed by atoms with van der Waals surface area (Å²) >= 11 is 5.79. The minimum absolute atomic E-state index is 0.00764. The van der Waals surface area contributed by atoms with E-state index in [1.165, 1.54) is 24.3 Å². The summed E-state index contributed by atoms with van der Waals surface area (Å²) in [5.74, 6) is -1.00. The zero-order valence-electron chi connectivity index (χ0n) is 17.2. The third-order valence-corrected chi connectivity index (χ3v) is 5.67. The largest absolute Gasteiger partial charge is 0.370 e. The van der Waals surface area contributed by atoms with E-state index >= 15 is 0 Å². The summed E-state index contributed by atoms with van der Waals surface area (Å²) in [5, 5.41) is 7.71. The molecule has 13 heteroatoms. The van der Waals surface area contributed by atoms with Crippen LogP contribution >= 0.6 is 19.2 Å². The number of ether oxygens (including phenoxy) is 1. The maximum atomic E-state index is 12.7. The number of halogens is 1. The molecule has 1 atom stereocenters. The van der Waals surface area contributed by atoms with Crippen LogP contribution in [0.5, 0.6) is 0 Å². The number of amides is 4. The first-order valence-corrected chi connectivity index (χ1v) is 11.9. The number of hydrogen-bond acceptors (Lipinski definition) is 5. The van der Waals surface area contributed by atoms with Crippen molar-refractivity contribution in [3.8, 4) is 0 Å². The van der Waals surface area contributed by atoms with Gasteiger partial charge in [0.1, 0.15) is 12.6 Å². The molecule has 4 amide bonds. The lowest BCUT2D eigenvalue weighted by molar-refractivity contribution is -0.125. The van der Waals surface area contributed by atoms with E-state index in [1.807, 2.05) is 0 Å². The Kier molecular flexibility index (Phi) is 8.06. The highest BCUT2D eigenvalue weighted by atomic mass is 35.5. The summed E-state index contributed by atoms with van der Waals surface area (Å²) in [6.45, 7) is 0.811. The van der Waals surface area contributed by atoms with Crippen molar-refractivity contribution in [1.82, 2.24) is 5.32 Å². The fourth-order valence-electron chi connectivity index (χ4n) is 3.04. The Bertz CT molecular complexity index is 1060. The number of nitrogens with one attached hydrogen (secondary N) is 3. The molecule has 0 bridgehead atoms. The van der Waals surface area contributed by atoms with Gasteiger partial charge in [0.25, 0.3) is 5.91 Å². The number of morpholine rings is 1. The van der Waals surface area contributed by atoms with Crippen LogP contribution in [0.4, 0.5) is 21.9 Å². The van der Waals surface area contributed by atoms with Crippen LogP contribution in [0.3, 0.4) is 0 Å². The summed E-state index contributed by atoms with van der Waals surface area (Å²) in [7, 11) is -4.64. The molecular weight excluding hydrogens is 475 g/mol. The van der Waals surface area contributed by atoms with E-state index in [2.05, 4.69) is 16.0 Å². The van der Waals surface area contributed by atoms with Crippen molar-refractivity contribution in [2.75, 3.05) is 41.5 Å². The van der Waals surface area contributed by atoms with Gasteiger partial charge in [-0.3, -0.25) is 14.2 Å². The van der Waals surface area contributed by atoms with Crippen LogP contribution in [0.1, 0.15) is 0 Å². The topological polar surface area (TPSA) is 157 Å². The smallest absolute Gasteiger partial charge is 0.328 e. The molecule has 2 aromatic carbocycles. The summed E-state index contributed by atoms with van der Waals surface area (Å²) in [4.78, 5) is 57.1. The molecule has 1 fully saturated rings. The molecule has 5 N–H and O–H groups in total. The first-order chi connectivity index (χ1) is 15.6. The van der Waals surface area contributed by atoms with Crippen molar-refractivity contribution in [1.29, 1.82) is 0 Å². The lowest BCUT2D eigenvalue weighted by atomic mass is 10.2. The van der Waals surface area contributed by atoms with Gasteiger partial charge in [-0.05, 0) is 48.5 Å². The van der Waals surface area contributed by atoms with Crippen molar-refractivity contribution in [2.45, 2.75) is 6.04 Å². The van der Waals surface area contributed by atoms with Crippen LogP contribution in [-0.2, 0) is 18.9 Å². The molecule has 1 heterocycles. The van der Waals surface area contributed by atoms with Gasteiger partial charge in [0.2, 0.25) is 5.91 Å². The first-order valence-electron chi connectivity index (χ1n) is 9.77. The Morgan fingerprint density at radius 1 is 1.06 bits per heavy atom.